The molecule has 1 aromatic rings. The topological polar surface area (TPSA) is 64.4 Å². The average Bonchev–Trinajstić information content (AvgIpc) is 2.38. The number of hydrogen-bond donors (Lipinski definition) is 2. The minimum Gasteiger partial charge on any atom is -0.495 e. The highest BCUT2D eigenvalue weighted by atomic mass is 16.5. The number of nitrogens with one attached hydrogen (secondary N) is 1. The van der Waals surface area contributed by atoms with E-state index in [4.69, 9.17) is 10.5 Å². The van der Waals surface area contributed by atoms with E-state index in [9.17, 15) is 4.79 Å². The van der Waals surface area contributed by atoms with Gasteiger partial charge in [-0.05, 0) is 23.6 Å². The molecule has 3 N–H and O–H groups in total. The van der Waals surface area contributed by atoms with Crippen molar-refractivity contribution in [1.29, 1.82) is 0 Å². The van der Waals surface area contributed by atoms with Crippen LogP contribution in [0.15, 0.2) is 18.2 Å². The van der Waals surface area contributed by atoms with Crippen molar-refractivity contribution in [3.63, 3.8) is 0 Å². The maximum Gasteiger partial charge on any atom is 0.224 e. The predicted octanol–water partition coefficient (Wildman–Crippen LogP) is 2.53. The second-order valence-electron chi connectivity index (χ2n) is 4.50. The summed E-state index contributed by atoms with van der Waals surface area (Å²) < 4.78 is 5.25. The molecule has 4 nitrogen and oxygen atoms in total. The van der Waals surface area contributed by atoms with Gasteiger partial charge in [0.2, 0.25) is 5.91 Å². The van der Waals surface area contributed by atoms with Gasteiger partial charge in [-0.2, -0.15) is 0 Å². The van der Waals surface area contributed by atoms with E-state index in [2.05, 4.69) is 19.2 Å². The Morgan fingerprint density at radius 2 is 2.22 bits per heavy atom. The van der Waals surface area contributed by atoms with Crippen molar-refractivity contribution >= 4 is 11.6 Å². The number of anilines is 1. The van der Waals surface area contributed by atoms with E-state index in [0.29, 0.717) is 30.3 Å². The van der Waals surface area contributed by atoms with Crippen LogP contribution >= 0.6 is 0 Å². The molecule has 0 heterocycles. The van der Waals surface area contributed by atoms with Crippen LogP contribution in [-0.2, 0) is 11.3 Å². The van der Waals surface area contributed by atoms with Crippen molar-refractivity contribution in [3.05, 3.63) is 23.8 Å². The van der Waals surface area contributed by atoms with Crippen LogP contribution < -0.4 is 15.8 Å². The Morgan fingerprint density at radius 1 is 1.50 bits per heavy atom. The highest BCUT2D eigenvalue weighted by Gasteiger charge is 2.10. The van der Waals surface area contributed by atoms with Crippen molar-refractivity contribution in [2.24, 2.45) is 11.7 Å². The molecule has 1 unspecified atom stereocenters. The second kappa shape index (κ2) is 7.01. The molecular weight excluding hydrogens is 228 g/mol. The third-order valence-electron chi connectivity index (χ3n) is 3.01. The molecule has 0 saturated carbocycles. The molecule has 1 aromatic carbocycles. The number of hydrogen-bond acceptors (Lipinski definition) is 3. The zero-order valence-corrected chi connectivity index (χ0v) is 11.3. The summed E-state index contributed by atoms with van der Waals surface area (Å²) in [6.07, 6.45) is 1.52. The van der Waals surface area contributed by atoms with Gasteiger partial charge in [-0.15, -0.1) is 0 Å². The highest BCUT2D eigenvalue weighted by molar-refractivity contribution is 5.92. The van der Waals surface area contributed by atoms with Gasteiger partial charge in [0, 0.05) is 13.0 Å². The number of rotatable bonds is 6. The maximum absolute atomic E-state index is 11.8. The molecule has 100 valence electrons. The lowest BCUT2D eigenvalue weighted by Crippen LogP contribution is -2.15. The number of carbonyl (C=O) groups excluding carboxylic acids is 1. The van der Waals surface area contributed by atoms with Crippen molar-refractivity contribution in [2.75, 3.05) is 12.4 Å². The summed E-state index contributed by atoms with van der Waals surface area (Å²) in [7, 11) is 1.58. The molecule has 0 aliphatic rings. The molecule has 1 amide bonds. The minimum atomic E-state index is 0.0168. The van der Waals surface area contributed by atoms with E-state index in [-0.39, 0.29) is 5.91 Å². The lowest BCUT2D eigenvalue weighted by atomic mass is 10.0. The third kappa shape index (κ3) is 4.04. The molecule has 18 heavy (non-hydrogen) atoms. The van der Waals surface area contributed by atoms with Crippen LogP contribution in [0.25, 0.3) is 0 Å². The Kier molecular flexibility index (Phi) is 5.65. The Bertz CT molecular complexity index is 405. The van der Waals surface area contributed by atoms with E-state index in [1.54, 1.807) is 7.11 Å². The fourth-order valence-corrected chi connectivity index (χ4v) is 1.63. The van der Waals surface area contributed by atoms with Crippen LogP contribution in [0.5, 0.6) is 5.75 Å². The fraction of sp³-hybridized carbons (Fsp3) is 0.500. The summed E-state index contributed by atoms with van der Waals surface area (Å²) in [5.74, 6) is 1.05. The van der Waals surface area contributed by atoms with Crippen LogP contribution in [0.2, 0.25) is 0 Å². The first-order valence-corrected chi connectivity index (χ1v) is 6.27. The van der Waals surface area contributed by atoms with Crippen molar-refractivity contribution < 1.29 is 9.53 Å². The van der Waals surface area contributed by atoms with E-state index < -0.39 is 0 Å². The van der Waals surface area contributed by atoms with Gasteiger partial charge >= 0.3 is 0 Å². The molecule has 0 saturated heterocycles. The third-order valence-corrected chi connectivity index (χ3v) is 3.01. The lowest BCUT2D eigenvalue weighted by Gasteiger charge is -2.13. The first-order valence-electron chi connectivity index (χ1n) is 6.27. The lowest BCUT2D eigenvalue weighted by molar-refractivity contribution is -0.117. The van der Waals surface area contributed by atoms with Gasteiger partial charge in [0.25, 0.3) is 0 Å². The molecular formula is C14H22N2O2. The van der Waals surface area contributed by atoms with Crippen molar-refractivity contribution in [2.45, 2.75) is 33.2 Å². The summed E-state index contributed by atoms with van der Waals surface area (Å²) in [6.45, 7) is 4.60. The van der Waals surface area contributed by atoms with Gasteiger partial charge in [0.15, 0.2) is 0 Å². The molecule has 4 heteroatoms. The number of amides is 1. The molecule has 0 fully saturated rings. The monoisotopic (exact) mass is 250 g/mol. The van der Waals surface area contributed by atoms with Crippen LogP contribution in [0.4, 0.5) is 5.69 Å². The number of ether oxygens (including phenoxy) is 1. The molecule has 0 spiro atoms. The Labute approximate surface area is 109 Å². The minimum absolute atomic E-state index is 0.0168. The van der Waals surface area contributed by atoms with Crippen LogP contribution in [-0.4, -0.2) is 13.0 Å². The maximum atomic E-state index is 11.8. The SMILES string of the molecule is CCC(C)CC(=O)Nc1ccc(CN)cc1OC. The van der Waals surface area contributed by atoms with E-state index >= 15 is 0 Å². The Balaban J connectivity index is 2.74. The summed E-state index contributed by atoms with van der Waals surface area (Å²) in [5.41, 5.74) is 7.24. The average molecular weight is 250 g/mol. The normalized spacial score (nSPS) is 12.0. The number of benzene rings is 1. The molecule has 1 rings (SSSR count). The Hall–Kier alpha value is -1.55. The summed E-state index contributed by atoms with van der Waals surface area (Å²) in [5, 5.41) is 2.87. The van der Waals surface area contributed by atoms with Gasteiger partial charge in [0.05, 0.1) is 12.8 Å². The predicted molar refractivity (Wildman–Crippen MR) is 73.6 cm³/mol. The van der Waals surface area contributed by atoms with E-state index in [0.717, 1.165) is 12.0 Å². The molecule has 0 aliphatic heterocycles. The fourth-order valence-electron chi connectivity index (χ4n) is 1.63. The quantitative estimate of drug-likeness (QED) is 0.815. The number of methoxy groups -OCH3 is 1. The highest BCUT2D eigenvalue weighted by Crippen LogP contribution is 2.26. The van der Waals surface area contributed by atoms with Gasteiger partial charge < -0.3 is 15.8 Å². The van der Waals surface area contributed by atoms with E-state index in [1.165, 1.54) is 0 Å². The second-order valence-corrected chi connectivity index (χ2v) is 4.50. The molecule has 1 atom stereocenters. The molecule has 0 aromatic heterocycles. The first kappa shape index (κ1) is 14.5. The van der Waals surface area contributed by atoms with E-state index in [1.807, 2.05) is 18.2 Å². The van der Waals surface area contributed by atoms with Crippen molar-refractivity contribution in [1.82, 2.24) is 0 Å². The standard InChI is InChI=1S/C14H22N2O2/c1-4-10(2)7-14(17)16-12-6-5-11(9-15)8-13(12)18-3/h5-6,8,10H,4,7,9,15H2,1-3H3,(H,16,17). The van der Waals surface area contributed by atoms with Gasteiger partial charge in [-0.1, -0.05) is 26.3 Å². The van der Waals surface area contributed by atoms with Gasteiger partial charge in [-0.3, -0.25) is 4.79 Å². The zero-order chi connectivity index (χ0) is 13.5. The van der Waals surface area contributed by atoms with Gasteiger partial charge in [0.1, 0.15) is 5.75 Å². The first-order chi connectivity index (χ1) is 8.60. The Morgan fingerprint density at radius 3 is 2.78 bits per heavy atom. The summed E-state index contributed by atoms with van der Waals surface area (Å²) in [6, 6.07) is 5.57. The van der Waals surface area contributed by atoms with Crippen LogP contribution in [0, 0.1) is 5.92 Å². The van der Waals surface area contributed by atoms with Crippen LogP contribution in [0.1, 0.15) is 32.3 Å². The smallest absolute Gasteiger partial charge is 0.224 e. The van der Waals surface area contributed by atoms with Crippen molar-refractivity contribution in [3.8, 4) is 5.75 Å². The van der Waals surface area contributed by atoms with Crippen LogP contribution in [0.3, 0.4) is 0 Å². The number of carbonyl (C=O) groups is 1. The largest absolute Gasteiger partial charge is 0.495 e. The number of nitrogens with two attached hydrogens (primary N) is 1. The summed E-state index contributed by atoms with van der Waals surface area (Å²) in [4.78, 5) is 11.8. The molecule has 0 radical (unpaired) electrons. The summed E-state index contributed by atoms with van der Waals surface area (Å²) >= 11 is 0. The van der Waals surface area contributed by atoms with Gasteiger partial charge in [-0.25, -0.2) is 0 Å². The molecule has 0 aliphatic carbocycles. The molecule has 0 bridgehead atoms. The zero-order valence-electron chi connectivity index (χ0n) is 11.3.